The van der Waals surface area contributed by atoms with Gasteiger partial charge in [0.25, 0.3) is 0 Å². The molecule has 2 atom stereocenters. The summed E-state index contributed by atoms with van der Waals surface area (Å²) in [6.45, 7) is 2.06. The number of halogens is 2. The molecule has 2 nitrogen and oxygen atoms in total. The number of benzene rings is 1. The van der Waals surface area contributed by atoms with Crippen LogP contribution in [0, 0.1) is 0 Å². The lowest BCUT2D eigenvalue weighted by Gasteiger charge is -2.05. The van der Waals surface area contributed by atoms with Crippen molar-refractivity contribution in [2.75, 3.05) is 29.0 Å². The highest BCUT2D eigenvalue weighted by molar-refractivity contribution is 7.99. The van der Waals surface area contributed by atoms with E-state index in [4.69, 9.17) is 28.3 Å². The van der Waals surface area contributed by atoms with E-state index in [2.05, 4.69) is 19.1 Å². The Kier molecular flexibility index (Phi) is 15.6. The molecule has 0 saturated heterocycles. The Bertz CT molecular complexity index is 329. The van der Waals surface area contributed by atoms with E-state index >= 15 is 0 Å². The third kappa shape index (κ3) is 13.8. The summed E-state index contributed by atoms with van der Waals surface area (Å²) < 4.78 is 0. The van der Waals surface area contributed by atoms with Gasteiger partial charge in [0.2, 0.25) is 0 Å². The quantitative estimate of drug-likeness (QED) is 0.647. The first-order chi connectivity index (χ1) is 10.1. The van der Waals surface area contributed by atoms with Crippen molar-refractivity contribution in [1.29, 1.82) is 0 Å². The van der Waals surface area contributed by atoms with E-state index in [0.29, 0.717) is 17.5 Å². The first-order valence-electron chi connectivity index (χ1n) is 6.81. The molecule has 122 valence electrons. The Morgan fingerprint density at radius 2 is 1.48 bits per heavy atom. The largest absolute Gasteiger partial charge is 0.391 e. The van der Waals surface area contributed by atoms with Crippen LogP contribution in [-0.4, -0.2) is 51.4 Å². The summed E-state index contributed by atoms with van der Waals surface area (Å²) in [5.74, 6) is 4.13. The van der Waals surface area contributed by atoms with Gasteiger partial charge in [-0.3, -0.25) is 0 Å². The van der Waals surface area contributed by atoms with Crippen LogP contribution in [0.1, 0.15) is 12.5 Å². The van der Waals surface area contributed by atoms with Gasteiger partial charge in [-0.1, -0.05) is 37.3 Å². The maximum atomic E-state index is 9.18. The Labute approximate surface area is 146 Å². The average molecular weight is 371 g/mol. The van der Waals surface area contributed by atoms with Crippen LogP contribution in [0.2, 0.25) is 0 Å². The number of aliphatic hydroxyl groups is 2. The van der Waals surface area contributed by atoms with Gasteiger partial charge in [-0.25, -0.2) is 0 Å². The Hall–Kier alpha value is 0.420. The average Bonchev–Trinajstić information content (AvgIpc) is 2.54. The molecule has 21 heavy (non-hydrogen) atoms. The van der Waals surface area contributed by atoms with Crippen LogP contribution in [0.5, 0.6) is 0 Å². The molecule has 0 aromatic heterocycles. The van der Waals surface area contributed by atoms with Crippen molar-refractivity contribution in [2.45, 2.75) is 24.9 Å². The molecule has 1 aromatic rings. The number of hydrogen-bond acceptors (Lipinski definition) is 4. The zero-order valence-electron chi connectivity index (χ0n) is 12.3. The van der Waals surface area contributed by atoms with E-state index < -0.39 is 0 Å². The predicted molar refractivity (Wildman–Crippen MR) is 99.1 cm³/mol. The van der Waals surface area contributed by atoms with Gasteiger partial charge >= 0.3 is 0 Å². The lowest BCUT2D eigenvalue weighted by atomic mass is 10.2. The fraction of sp³-hybridized carbons (Fsp3) is 0.600. The molecule has 0 saturated carbocycles. The van der Waals surface area contributed by atoms with Crippen LogP contribution in [0.3, 0.4) is 0 Å². The summed E-state index contributed by atoms with van der Waals surface area (Å²) in [7, 11) is 0. The number of alkyl halides is 2. The van der Waals surface area contributed by atoms with Crippen LogP contribution in [-0.2, 0) is 5.75 Å². The monoisotopic (exact) mass is 370 g/mol. The molecule has 0 aliphatic heterocycles. The highest BCUT2D eigenvalue weighted by Crippen LogP contribution is 2.12. The molecular weight excluding hydrogens is 347 g/mol. The van der Waals surface area contributed by atoms with Gasteiger partial charge < -0.3 is 10.2 Å². The van der Waals surface area contributed by atoms with E-state index in [1.807, 2.05) is 18.2 Å². The predicted octanol–water partition coefficient (Wildman–Crippen LogP) is 3.86. The van der Waals surface area contributed by atoms with Crippen LogP contribution in [0.25, 0.3) is 0 Å². The maximum Gasteiger partial charge on any atom is 0.0765 e. The van der Waals surface area contributed by atoms with Crippen molar-refractivity contribution in [3.63, 3.8) is 0 Å². The second-order valence-corrected chi connectivity index (χ2v) is 7.24. The normalized spacial score (nSPS) is 13.2. The minimum absolute atomic E-state index is 0.318. The standard InChI is InChI=1S/C10H13ClOS.C5H11ClOS/c11-6-10(12)8-13-7-9-4-2-1-3-5-9;1-2-8-4-5(7)3-6/h1-5,10,12H,6-8H2;5,7H,2-4H2,1H3. The van der Waals surface area contributed by atoms with Gasteiger partial charge in [-0.2, -0.15) is 23.5 Å². The lowest BCUT2D eigenvalue weighted by Crippen LogP contribution is -2.11. The Morgan fingerprint density at radius 1 is 0.952 bits per heavy atom. The Morgan fingerprint density at radius 3 is 1.95 bits per heavy atom. The second kappa shape index (κ2) is 15.3. The van der Waals surface area contributed by atoms with Gasteiger partial charge in [0, 0.05) is 29.0 Å². The van der Waals surface area contributed by atoms with Crippen molar-refractivity contribution < 1.29 is 10.2 Å². The van der Waals surface area contributed by atoms with Crippen LogP contribution in [0.4, 0.5) is 0 Å². The maximum absolute atomic E-state index is 9.18. The van der Waals surface area contributed by atoms with Crippen molar-refractivity contribution >= 4 is 46.7 Å². The SMILES string of the molecule is CCSCC(O)CCl.OC(CCl)CSCc1ccccc1. The first-order valence-corrected chi connectivity index (χ1v) is 10.2. The van der Waals surface area contributed by atoms with Crippen molar-refractivity contribution in [3.05, 3.63) is 35.9 Å². The molecule has 2 N–H and O–H groups in total. The van der Waals surface area contributed by atoms with Crippen molar-refractivity contribution in [1.82, 2.24) is 0 Å². The van der Waals surface area contributed by atoms with Gasteiger partial charge in [-0.15, -0.1) is 23.2 Å². The van der Waals surface area contributed by atoms with Gasteiger partial charge in [0.15, 0.2) is 0 Å². The highest BCUT2D eigenvalue weighted by Gasteiger charge is 2.01. The van der Waals surface area contributed by atoms with E-state index in [9.17, 15) is 5.11 Å². The van der Waals surface area contributed by atoms with E-state index in [0.717, 1.165) is 17.3 Å². The molecule has 6 heteroatoms. The van der Waals surface area contributed by atoms with E-state index in [-0.39, 0.29) is 12.2 Å². The third-order valence-corrected chi connectivity index (χ3v) is 5.19. The van der Waals surface area contributed by atoms with Crippen LogP contribution in [0.15, 0.2) is 30.3 Å². The van der Waals surface area contributed by atoms with Gasteiger partial charge in [0.05, 0.1) is 12.2 Å². The number of hydrogen-bond donors (Lipinski definition) is 2. The topological polar surface area (TPSA) is 40.5 Å². The summed E-state index contributed by atoms with van der Waals surface area (Å²) in [6.07, 6.45) is -0.697. The first kappa shape index (κ1) is 21.4. The molecular formula is C15H24Cl2O2S2. The minimum Gasteiger partial charge on any atom is -0.391 e. The third-order valence-electron chi connectivity index (χ3n) is 2.29. The molecule has 1 aromatic carbocycles. The summed E-state index contributed by atoms with van der Waals surface area (Å²) in [4.78, 5) is 0. The summed E-state index contributed by atoms with van der Waals surface area (Å²) in [5.41, 5.74) is 1.29. The molecule has 0 radical (unpaired) electrons. The summed E-state index contributed by atoms with van der Waals surface area (Å²) in [6, 6.07) is 10.2. The van der Waals surface area contributed by atoms with Crippen molar-refractivity contribution in [3.8, 4) is 0 Å². The molecule has 0 spiro atoms. The van der Waals surface area contributed by atoms with Crippen molar-refractivity contribution in [2.24, 2.45) is 0 Å². The molecule has 2 unspecified atom stereocenters. The zero-order valence-corrected chi connectivity index (χ0v) is 15.4. The molecule has 0 heterocycles. The second-order valence-electron chi connectivity index (χ2n) is 4.28. The molecule has 1 rings (SSSR count). The molecule has 0 bridgehead atoms. The summed E-state index contributed by atoms with van der Waals surface area (Å²) >= 11 is 14.2. The van der Waals surface area contributed by atoms with E-state index in [1.54, 1.807) is 23.5 Å². The lowest BCUT2D eigenvalue weighted by molar-refractivity contribution is 0.223. The van der Waals surface area contributed by atoms with Crippen LogP contribution < -0.4 is 0 Å². The van der Waals surface area contributed by atoms with Gasteiger partial charge in [0.1, 0.15) is 0 Å². The fourth-order valence-electron chi connectivity index (χ4n) is 1.23. The van der Waals surface area contributed by atoms with Crippen LogP contribution >= 0.6 is 46.7 Å². The minimum atomic E-state index is -0.379. The smallest absolute Gasteiger partial charge is 0.0765 e. The zero-order chi connectivity index (χ0) is 15.9. The number of thioether (sulfide) groups is 2. The highest BCUT2D eigenvalue weighted by atomic mass is 35.5. The van der Waals surface area contributed by atoms with E-state index in [1.165, 1.54) is 5.56 Å². The fourth-order valence-corrected chi connectivity index (χ4v) is 3.27. The van der Waals surface area contributed by atoms with Gasteiger partial charge in [-0.05, 0) is 11.3 Å². The number of aliphatic hydroxyl groups excluding tert-OH is 2. The number of rotatable bonds is 9. The summed E-state index contributed by atoms with van der Waals surface area (Å²) in [5, 5.41) is 18.0. The molecule has 0 aliphatic rings. The molecule has 0 amide bonds. The Balaban J connectivity index is 0.000000433. The molecule has 0 aliphatic carbocycles. The molecule has 0 fully saturated rings.